The third-order valence-corrected chi connectivity index (χ3v) is 5.14. The molecular weight excluding hydrogens is 326 g/mol. The van der Waals surface area contributed by atoms with Crippen molar-refractivity contribution in [3.8, 4) is 0 Å². The van der Waals surface area contributed by atoms with Crippen molar-refractivity contribution in [2.24, 2.45) is 11.8 Å². The highest BCUT2D eigenvalue weighted by molar-refractivity contribution is 7.12. The maximum absolute atomic E-state index is 12.4. The van der Waals surface area contributed by atoms with Gasteiger partial charge in [0.1, 0.15) is 6.04 Å². The minimum Gasteiger partial charge on any atom is -0.344 e. The number of nitrogens with one attached hydrogen (secondary N) is 3. The van der Waals surface area contributed by atoms with Crippen molar-refractivity contribution in [1.82, 2.24) is 16.2 Å². The van der Waals surface area contributed by atoms with Crippen LogP contribution in [0, 0.1) is 11.8 Å². The molecule has 1 fully saturated rings. The zero-order valence-corrected chi connectivity index (χ0v) is 14.9. The van der Waals surface area contributed by atoms with E-state index < -0.39 is 11.9 Å². The van der Waals surface area contributed by atoms with E-state index in [-0.39, 0.29) is 23.7 Å². The van der Waals surface area contributed by atoms with Gasteiger partial charge in [-0.15, -0.1) is 11.3 Å². The molecule has 1 aliphatic carbocycles. The van der Waals surface area contributed by atoms with Crippen LogP contribution in [0.3, 0.4) is 0 Å². The first kappa shape index (κ1) is 18.4. The molecule has 0 bridgehead atoms. The fourth-order valence-corrected chi connectivity index (χ4v) is 3.46. The van der Waals surface area contributed by atoms with Gasteiger partial charge in [-0.05, 0) is 30.2 Å². The van der Waals surface area contributed by atoms with Gasteiger partial charge in [0.25, 0.3) is 11.8 Å². The Bertz CT molecular complexity index is 566. The summed E-state index contributed by atoms with van der Waals surface area (Å²) in [5, 5.41) is 4.63. The lowest BCUT2D eigenvalue weighted by molar-refractivity contribution is -0.133. The van der Waals surface area contributed by atoms with Gasteiger partial charge in [0.15, 0.2) is 0 Å². The summed E-state index contributed by atoms with van der Waals surface area (Å²) in [4.78, 5) is 37.1. The maximum Gasteiger partial charge on any atom is 0.279 e. The first-order chi connectivity index (χ1) is 11.5. The molecule has 3 amide bonds. The van der Waals surface area contributed by atoms with Crippen LogP contribution in [0.25, 0.3) is 0 Å². The molecule has 1 atom stereocenters. The Kier molecular flexibility index (Phi) is 6.78. The number of amides is 3. The van der Waals surface area contributed by atoms with E-state index in [1.54, 1.807) is 17.5 Å². The van der Waals surface area contributed by atoms with Crippen LogP contribution in [-0.4, -0.2) is 23.8 Å². The molecule has 0 aliphatic heterocycles. The van der Waals surface area contributed by atoms with E-state index in [9.17, 15) is 14.4 Å². The lowest BCUT2D eigenvalue weighted by Crippen LogP contribution is -2.55. The molecular formula is C17H25N3O3S. The topological polar surface area (TPSA) is 87.3 Å². The van der Waals surface area contributed by atoms with Gasteiger partial charge in [-0.3, -0.25) is 25.2 Å². The standard InChI is InChI=1S/C17H25N3O3S/c1-11(2)14(18-15(21)12-7-4-3-5-8-12)17(23)20-19-16(22)13-9-6-10-24-13/h6,9-12,14H,3-5,7-8H2,1-2H3,(H,18,21)(H,19,22)(H,20,23)/t14-/m0/s1. The fraction of sp³-hybridized carbons (Fsp3) is 0.588. The van der Waals surface area contributed by atoms with Gasteiger partial charge >= 0.3 is 0 Å². The number of carbonyl (C=O) groups excluding carboxylic acids is 3. The second kappa shape index (κ2) is 8.82. The average molecular weight is 351 g/mol. The van der Waals surface area contributed by atoms with Crippen LogP contribution < -0.4 is 16.2 Å². The lowest BCUT2D eigenvalue weighted by atomic mass is 9.88. The Morgan fingerprint density at radius 3 is 2.42 bits per heavy atom. The van der Waals surface area contributed by atoms with E-state index in [0.717, 1.165) is 25.7 Å². The highest BCUT2D eigenvalue weighted by Gasteiger charge is 2.28. The van der Waals surface area contributed by atoms with Crippen molar-refractivity contribution < 1.29 is 14.4 Å². The van der Waals surface area contributed by atoms with Gasteiger partial charge in [0, 0.05) is 5.92 Å². The normalized spacial score (nSPS) is 16.5. The zero-order valence-electron chi connectivity index (χ0n) is 14.1. The van der Waals surface area contributed by atoms with Crippen molar-refractivity contribution in [2.75, 3.05) is 0 Å². The molecule has 2 rings (SSSR count). The van der Waals surface area contributed by atoms with E-state index in [4.69, 9.17) is 0 Å². The summed E-state index contributed by atoms with van der Waals surface area (Å²) >= 11 is 1.29. The molecule has 7 heteroatoms. The van der Waals surface area contributed by atoms with Crippen LogP contribution in [0.1, 0.15) is 55.6 Å². The zero-order chi connectivity index (χ0) is 17.5. The largest absolute Gasteiger partial charge is 0.344 e. The van der Waals surface area contributed by atoms with E-state index in [1.165, 1.54) is 17.8 Å². The van der Waals surface area contributed by atoms with E-state index in [0.29, 0.717) is 4.88 Å². The number of hydrogen-bond acceptors (Lipinski definition) is 4. The van der Waals surface area contributed by atoms with Crippen LogP contribution in [0.4, 0.5) is 0 Å². The molecule has 1 saturated carbocycles. The highest BCUT2D eigenvalue weighted by Crippen LogP contribution is 2.24. The van der Waals surface area contributed by atoms with Crippen molar-refractivity contribution in [3.05, 3.63) is 22.4 Å². The fourth-order valence-electron chi connectivity index (χ4n) is 2.84. The molecule has 1 aromatic rings. The number of carbonyl (C=O) groups is 3. The first-order valence-corrected chi connectivity index (χ1v) is 9.31. The summed E-state index contributed by atoms with van der Waals surface area (Å²) in [5.74, 6) is -0.906. The highest BCUT2D eigenvalue weighted by atomic mass is 32.1. The predicted octanol–water partition coefficient (Wildman–Crippen LogP) is 2.23. The molecule has 1 aromatic heterocycles. The van der Waals surface area contributed by atoms with Crippen LogP contribution in [0.15, 0.2) is 17.5 Å². The summed E-state index contributed by atoms with van der Waals surface area (Å²) in [6, 6.07) is 2.78. The maximum atomic E-state index is 12.4. The second-order valence-corrected chi connectivity index (χ2v) is 7.43. The van der Waals surface area contributed by atoms with Crippen LogP contribution in [0.5, 0.6) is 0 Å². The van der Waals surface area contributed by atoms with Gasteiger partial charge in [-0.1, -0.05) is 39.2 Å². The molecule has 132 valence electrons. The van der Waals surface area contributed by atoms with Gasteiger partial charge in [0.2, 0.25) is 5.91 Å². The van der Waals surface area contributed by atoms with Gasteiger partial charge in [-0.25, -0.2) is 0 Å². The molecule has 0 spiro atoms. The summed E-state index contributed by atoms with van der Waals surface area (Å²) in [6.45, 7) is 3.74. The second-order valence-electron chi connectivity index (χ2n) is 6.49. The Morgan fingerprint density at radius 1 is 1.12 bits per heavy atom. The number of thiophene rings is 1. The summed E-state index contributed by atoms with van der Waals surface area (Å²) in [6.07, 6.45) is 5.06. The van der Waals surface area contributed by atoms with Gasteiger partial charge in [-0.2, -0.15) is 0 Å². The Morgan fingerprint density at radius 2 is 1.83 bits per heavy atom. The number of rotatable bonds is 5. The molecule has 0 aromatic carbocycles. The summed E-state index contributed by atoms with van der Waals surface area (Å²) in [5.41, 5.74) is 4.81. The molecule has 3 N–H and O–H groups in total. The van der Waals surface area contributed by atoms with Crippen molar-refractivity contribution in [2.45, 2.75) is 52.0 Å². The molecule has 6 nitrogen and oxygen atoms in total. The average Bonchev–Trinajstić information content (AvgIpc) is 3.12. The van der Waals surface area contributed by atoms with Crippen LogP contribution in [0.2, 0.25) is 0 Å². The van der Waals surface area contributed by atoms with E-state index in [1.807, 2.05) is 13.8 Å². The van der Waals surface area contributed by atoms with Crippen LogP contribution in [-0.2, 0) is 9.59 Å². The molecule has 24 heavy (non-hydrogen) atoms. The van der Waals surface area contributed by atoms with E-state index >= 15 is 0 Å². The lowest BCUT2D eigenvalue weighted by Gasteiger charge is -2.26. The molecule has 1 heterocycles. The Hall–Kier alpha value is -1.89. The third-order valence-electron chi connectivity index (χ3n) is 4.27. The van der Waals surface area contributed by atoms with Crippen molar-refractivity contribution in [3.63, 3.8) is 0 Å². The van der Waals surface area contributed by atoms with Crippen LogP contribution >= 0.6 is 11.3 Å². The van der Waals surface area contributed by atoms with Crippen molar-refractivity contribution >= 4 is 29.1 Å². The SMILES string of the molecule is CC(C)[C@H](NC(=O)C1CCCCC1)C(=O)NNC(=O)c1cccs1. The molecule has 0 saturated heterocycles. The quantitative estimate of drug-likeness (QED) is 0.711. The molecule has 0 radical (unpaired) electrons. The Balaban J connectivity index is 1.87. The minimum absolute atomic E-state index is 0.00601. The first-order valence-electron chi connectivity index (χ1n) is 8.43. The summed E-state index contributed by atoms with van der Waals surface area (Å²) < 4.78 is 0. The molecule has 1 aliphatic rings. The minimum atomic E-state index is -0.664. The van der Waals surface area contributed by atoms with E-state index in [2.05, 4.69) is 16.2 Å². The molecule has 0 unspecified atom stereocenters. The Labute approximate surface area is 146 Å². The summed E-state index contributed by atoms with van der Waals surface area (Å²) in [7, 11) is 0. The number of hydrogen-bond donors (Lipinski definition) is 3. The predicted molar refractivity (Wildman–Crippen MR) is 93.3 cm³/mol. The smallest absolute Gasteiger partial charge is 0.279 e. The monoisotopic (exact) mass is 351 g/mol. The van der Waals surface area contributed by atoms with Crippen molar-refractivity contribution in [1.29, 1.82) is 0 Å². The van der Waals surface area contributed by atoms with Gasteiger partial charge in [0.05, 0.1) is 4.88 Å². The number of hydrazine groups is 1. The van der Waals surface area contributed by atoms with Gasteiger partial charge < -0.3 is 5.32 Å². The third kappa shape index (κ3) is 5.06.